The van der Waals surface area contributed by atoms with E-state index >= 15 is 0 Å². The molecule has 8 heteroatoms. The summed E-state index contributed by atoms with van der Waals surface area (Å²) in [6.45, 7) is 2.43. The van der Waals surface area contributed by atoms with Gasteiger partial charge in [0.05, 0.1) is 18.1 Å². The molecule has 130 valence electrons. The Hall–Kier alpha value is -2.32. The van der Waals surface area contributed by atoms with E-state index in [1.54, 1.807) is 18.2 Å². The van der Waals surface area contributed by atoms with Crippen molar-refractivity contribution in [3.05, 3.63) is 54.5 Å². The fourth-order valence-electron chi connectivity index (χ4n) is 2.16. The summed E-state index contributed by atoms with van der Waals surface area (Å²) in [4.78, 5) is 14.2. The number of rotatable bonds is 7. The third-order valence-electron chi connectivity index (χ3n) is 3.50. The van der Waals surface area contributed by atoms with Crippen LogP contribution in [-0.2, 0) is 11.3 Å². The van der Waals surface area contributed by atoms with Crippen LogP contribution in [0, 0.1) is 0 Å². The zero-order valence-corrected chi connectivity index (χ0v) is 15.5. The number of benzene rings is 1. The minimum atomic E-state index is -0.254. The molecule has 0 saturated carbocycles. The van der Waals surface area contributed by atoms with Crippen LogP contribution < -0.4 is 10.2 Å². The first-order valence-corrected chi connectivity index (χ1v) is 9.42. The van der Waals surface area contributed by atoms with Gasteiger partial charge in [-0.1, -0.05) is 41.3 Å². The molecule has 3 aromatic rings. The van der Waals surface area contributed by atoms with Crippen molar-refractivity contribution in [2.24, 2.45) is 0 Å². The second-order valence-corrected chi connectivity index (χ2v) is 7.86. The standard InChI is InChI=1S/C17H18N4O2S2/c1-12(15(22)21(2)13-7-4-3-5-8-13)24-17-20-19-16(25-17)18-11-14-9-6-10-23-14/h3-10,12H,11H2,1-2H3,(H,18,19)/t12-/m1/s1. The van der Waals surface area contributed by atoms with Crippen molar-refractivity contribution in [3.63, 3.8) is 0 Å². The van der Waals surface area contributed by atoms with Crippen LogP contribution in [0.15, 0.2) is 57.5 Å². The van der Waals surface area contributed by atoms with Gasteiger partial charge in [0.1, 0.15) is 5.76 Å². The average molecular weight is 374 g/mol. The van der Waals surface area contributed by atoms with Crippen LogP contribution in [0.25, 0.3) is 0 Å². The van der Waals surface area contributed by atoms with Gasteiger partial charge < -0.3 is 14.6 Å². The van der Waals surface area contributed by atoms with Crippen LogP contribution >= 0.6 is 23.1 Å². The number of anilines is 2. The fraction of sp³-hybridized carbons (Fsp3) is 0.235. The summed E-state index contributed by atoms with van der Waals surface area (Å²) in [6.07, 6.45) is 1.63. The maximum Gasteiger partial charge on any atom is 0.240 e. The molecule has 25 heavy (non-hydrogen) atoms. The summed E-state index contributed by atoms with van der Waals surface area (Å²) < 4.78 is 6.02. The highest BCUT2D eigenvalue weighted by molar-refractivity contribution is 8.02. The molecule has 0 aliphatic heterocycles. The lowest BCUT2D eigenvalue weighted by Crippen LogP contribution is -2.33. The Morgan fingerprint density at radius 3 is 2.80 bits per heavy atom. The van der Waals surface area contributed by atoms with E-state index in [-0.39, 0.29) is 11.2 Å². The van der Waals surface area contributed by atoms with Gasteiger partial charge in [-0.3, -0.25) is 4.79 Å². The van der Waals surface area contributed by atoms with E-state index in [2.05, 4.69) is 15.5 Å². The second kappa shape index (κ2) is 8.17. The lowest BCUT2D eigenvalue weighted by Gasteiger charge is -2.20. The maximum absolute atomic E-state index is 12.6. The van der Waals surface area contributed by atoms with E-state index in [9.17, 15) is 4.79 Å². The summed E-state index contributed by atoms with van der Waals surface area (Å²) in [6, 6.07) is 13.3. The van der Waals surface area contributed by atoms with E-state index < -0.39 is 0 Å². The molecule has 0 saturated heterocycles. The van der Waals surface area contributed by atoms with Gasteiger partial charge in [0.15, 0.2) is 4.34 Å². The monoisotopic (exact) mass is 374 g/mol. The summed E-state index contributed by atoms with van der Waals surface area (Å²) in [5.74, 6) is 0.855. The first-order valence-electron chi connectivity index (χ1n) is 7.72. The maximum atomic E-state index is 12.6. The van der Waals surface area contributed by atoms with Crippen molar-refractivity contribution in [2.75, 3.05) is 17.3 Å². The van der Waals surface area contributed by atoms with Crippen molar-refractivity contribution in [3.8, 4) is 0 Å². The average Bonchev–Trinajstić information content (AvgIpc) is 3.31. The van der Waals surface area contributed by atoms with Crippen molar-refractivity contribution >= 4 is 39.8 Å². The minimum absolute atomic E-state index is 0.0245. The lowest BCUT2D eigenvalue weighted by atomic mass is 10.3. The zero-order valence-electron chi connectivity index (χ0n) is 13.9. The molecule has 0 radical (unpaired) electrons. The highest BCUT2D eigenvalue weighted by atomic mass is 32.2. The quantitative estimate of drug-likeness (QED) is 0.633. The van der Waals surface area contributed by atoms with Crippen LogP contribution in [0.4, 0.5) is 10.8 Å². The highest BCUT2D eigenvalue weighted by Gasteiger charge is 2.21. The van der Waals surface area contributed by atoms with E-state index in [0.29, 0.717) is 11.7 Å². The Balaban J connectivity index is 1.55. The molecule has 2 heterocycles. The van der Waals surface area contributed by atoms with Crippen LogP contribution in [0.2, 0.25) is 0 Å². The lowest BCUT2D eigenvalue weighted by molar-refractivity contribution is -0.117. The molecule has 6 nitrogen and oxygen atoms in total. The van der Waals surface area contributed by atoms with E-state index in [4.69, 9.17) is 4.42 Å². The van der Waals surface area contributed by atoms with Crippen molar-refractivity contribution in [1.29, 1.82) is 0 Å². The number of thioether (sulfide) groups is 1. The number of amides is 1. The van der Waals surface area contributed by atoms with Crippen LogP contribution in [0.3, 0.4) is 0 Å². The van der Waals surface area contributed by atoms with Crippen LogP contribution in [0.1, 0.15) is 12.7 Å². The van der Waals surface area contributed by atoms with Gasteiger partial charge >= 0.3 is 0 Å². The topological polar surface area (TPSA) is 71.3 Å². The van der Waals surface area contributed by atoms with Gasteiger partial charge in [-0.05, 0) is 31.2 Å². The largest absolute Gasteiger partial charge is 0.467 e. The van der Waals surface area contributed by atoms with Gasteiger partial charge in [-0.25, -0.2) is 0 Å². The van der Waals surface area contributed by atoms with Gasteiger partial charge in [-0.15, -0.1) is 10.2 Å². The zero-order chi connectivity index (χ0) is 17.6. The molecule has 0 aliphatic carbocycles. The number of aromatic nitrogens is 2. The van der Waals surface area contributed by atoms with Gasteiger partial charge in [0.2, 0.25) is 11.0 Å². The predicted molar refractivity (Wildman–Crippen MR) is 101 cm³/mol. The molecule has 0 fully saturated rings. The molecule has 1 atom stereocenters. The number of furan rings is 1. The number of carbonyl (C=O) groups excluding carboxylic acids is 1. The Labute approximate surface area is 154 Å². The number of hydrogen-bond acceptors (Lipinski definition) is 7. The van der Waals surface area contributed by atoms with Crippen LogP contribution in [0.5, 0.6) is 0 Å². The summed E-state index contributed by atoms with van der Waals surface area (Å²) >= 11 is 2.83. The number of hydrogen-bond donors (Lipinski definition) is 1. The van der Waals surface area contributed by atoms with Crippen molar-refractivity contribution in [1.82, 2.24) is 10.2 Å². The normalized spacial score (nSPS) is 11.9. The molecular weight excluding hydrogens is 356 g/mol. The third kappa shape index (κ3) is 4.61. The van der Waals surface area contributed by atoms with E-state index in [1.165, 1.54) is 23.1 Å². The first-order chi connectivity index (χ1) is 12.1. The molecular formula is C17H18N4O2S2. The van der Waals surface area contributed by atoms with Crippen molar-refractivity contribution in [2.45, 2.75) is 23.1 Å². The molecule has 3 rings (SSSR count). The molecule has 2 aromatic heterocycles. The number of nitrogens with zero attached hydrogens (tertiary/aromatic N) is 3. The van der Waals surface area contributed by atoms with Gasteiger partial charge in [-0.2, -0.15) is 0 Å². The number of para-hydroxylation sites is 1. The molecule has 0 spiro atoms. The number of nitrogens with one attached hydrogen (secondary N) is 1. The molecule has 0 unspecified atom stereocenters. The van der Waals surface area contributed by atoms with Crippen molar-refractivity contribution < 1.29 is 9.21 Å². The van der Waals surface area contributed by atoms with Crippen LogP contribution in [-0.4, -0.2) is 28.4 Å². The third-order valence-corrected chi connectivity index (χ3v) is 5.55. The molecule has 0 aliphatic rings. The number of carbonyl (C=O) groups is 1. The highest BCUT2D eigenvalue weighted by Crippen LogP contribution is 2.30. The predicted octanol–water partition coefficient (Wildman–Crippen LogP) is 3.89. The Kier molecular flexibility index (Phi) is 5.72. The Morgan fingerprint density at radius 1 is 1.28 bits per heavy atom. The second-order valence-electron chi connectivity index (χ2n) is 5.30. The van der Waals surface area contributed by atoms with E-state index in [1.807, 2.05) is 49.4 Å². The van der Waals surface area contributed by atoms with Gasteiger partial charge in [0.25, 0.3) is 0 Å². The minimum Gasteiger partial charge on any atom is -0.467 e. The summed E-state index contributed by atoms with van der Waals surface area (Å²) in [7, 11) is 1.78. The van der Waals surface area contributed by atoms with E-state index in [0.717, 1.165) is 15.8 Å². The fourth-order valence-corrected chi connectivity index (χ4v) is 4.14. The smallest absolute Gasteiger partial charge is 0.240 e. The SMILES string of the molecule is C[C@@H](Sc1nnc(NCc2ccco2)s1)C(=O)N(C)c1ccccc1. The molecule has 0 bridgehead atoms. The Bertz CT molecular complexity index is 805. The molecule has 1 N–H and O–H groups in total. The molecule has 1 aromatic carbocycles. The van der Waals surface area contributed by atoms with Gasteiger partial charge in [0, 0.05) is 12.7 Å². The molecule has 1 amide bonds. The Morgan fingerprint density at radius 2 is 2.08 bits per heavy atom. The first kappa shape index (κ1) is 17.5. The summed E-state index contributed by atoms with van der Waals surface area (Å²) in [5.41, 5.74) is 0.873. The summed E-state index contributed by atoms with van der Waals surface area (Å²) in [5, 5.41) is 11.9.